The molecule has 0 bridgehead atoms. The summed E-state index contributed by atoms with van der Waals surface area (Å²) < 4.78 is 76.3. The van der Waals surface area contributed by atoms with Crippen molar-refractivity contribution in [2.24, 2.45) is 0 Å². The zero-order chi connectivity index (χ0) is 15.3. The van der Waals surface area contributed by atoms with Crippen LogP contribution in [0.5, 0.6) is 0 Å². The van der Waals surface area contributed by atoms with E-state index in [1.54, 1.807) is 13.0 Å². The first-order chi connectivity index (χ1) is 9.00. The Labute approximate surface area is 117 Å². The Hall–Kier alpha value is -1.25. The van der Waals surface area contributed by atoms with E-state index >= 15 is 0 Å². The first kappa shape index (κ1) is 15.1. The summed E-state index contributed by atoms with van der Waals surface area (Å²) in [5.41, 5.74) is 0.673. The van der Waals surface area contributed by atoms with E-state index in [0.29, 0.717) is 10.0 Å². The van der Waals surface area contributed by atoms with Crippen molar-refractivity contribution in [1.82, 2.24) is 9.97 Å². The molecule has 1 aromatic heterocycles. The van der Waals surface area contributed by atoms with Gasteiger partial charge in [0.25, 0.3) is 0 Å². The lowest BCUT2D eigenvalue weighted by Crippen LogP contribution is -2.34. The highest BCUT2D eigenvalue weighted by atomic mass is 79.9. The monoisotopic (exact) mass is 360 g/mol. The molecule has 0 amide bonds. The van der Waals surface area contributed by atoms with E-state index < -0.39 is 24.1 Å². The number of nitrogens with one attached hydrogen (secondary N) is 1. The molecule has 0 saturated heterocycles. The van der Waals surface area contributed by atoms with Crippen molar-refractivity contribution in [1.29, 1.82) is 0 Å². The van der Waals surface area contributed by atoms with Crippen molar-refractivity contribution >= 4 is 27.0 Å². The van der Waals surface area contributed by atoms with E-state index in [0.717, 1.165) is 0 Å². The van der Waals surface area contributed by atoms with E-state index in [9.17, 15) is 26.3 Å². The number of H-pyrrole nitrogens is 1. The van der Waals surface area contributed by atoms with Gasteiger partial charge in [-0.2, -0.15) is 26.3 Å². The molecule has 0 radical (unpaired) electrons. The molecule has 0 fully saturated rings. The standard InChI is InChI=1S/C11H7BrF6N2/c1-4-2-5(12)3-6-7(4)20-9(19-6)8(10(13,14)15)11(16,17)18/h2-3,8H,1H3,(H,19,20). The number of aromatic nitrogens is 2. The maximum Gasteiger partial charge on any atom is 0.407 e. The van der Waals surface area contributed by atoms with Gasteiger partial charge in [-0.05, 0) is 24.6 Å². The Morgan fingerprint density at radius 3 is 2.15 bits per heavy atom. The van der Waals surface area contributed by atoms with Gasteiger partial charge in [-0.15, -0.1) is 0 Å². The summed E-state index contributed by atoms with van der Waals surface area (Å²) in [5.74, 6) is -4.78. The number of aryl methyl sites for hydroxylation is 1. The molecule has 2 aromatic rings. The lowest BCUT2D eigenvalue weighted by molar-refractivity contribution is -0.255. The minimum absolute atomic E-state index is 0.0849. The van der Waals surface area contributed by atoms with Gasteiger partial charge in [-0.25, -0.2) is 4.98 Å². The van der Waals surface area contributed by atoms with Crippen molar-refractivity contribution in [2.45, 2.75) is 25.2 Å². The molecule has 2 rings (SSSR count). The van der Waals surface area contributed by atoms with Gasteiger partial charge < -0.3 is 4.98 Å². The summed E-state index contributed by atoms with van der Waals surface area (Å²) in [7, 11) is 0. The minimum atomic E-state index is -5.46. The van der Waals surface area contributed by atoms with Crippen LogP contribution in [0.3, 0.4) is 0 Å². The average Bonchev–Trinajstić information content (AvgIpc) is 2.55. The Bertz CT molecular complexity index is 629. The highest BCUT2D eigenvalue weighted by molar-refractivity contribution is 9.10. The molecule has 20 heavy (non-hydrogen) atoms. The molecule has 1 N–H and O–H groups in total. The zero-order valence-corrected chi connectivity index (χ0v) is 11.4. The molecule has 1 heterocycles. The number of rotatable bonds is 1. The maximum atomic E-state index is 12.6. The van der Waals surface area contributed by atoms with Gasteiger partial charge in [-0.3, -0.25) is 0 Å². The van der Waals surface area contributed by atoms with Crippen LogP contribution < -0.4 is 0 Å². The fourth-order valence-electron chi connectivity index (χ4n) is 1.90. The number of hydrogen-bond acceptors (Lipinski definition) is 1. The zero-order valence-electron chi connectivity index (χ0n) is 9.83. The van der Waals surface area contributed by atoms with Crippen molar-refractivity contribution < 1.29 is 26.3 Å². The van der Waals surface area contributed by atoms with Crippen molar-refractivity contribution in [3.63, 3.8) is 0 Å². The van der Waals surface area contributed by atoms with Gasteiger partial charge in [-0.1, -0.05) is 15.9 Å². The van der Waals surface area contributed by atoms with Crippen molar-refractivity contribution in [2.75, 3.05) is 0 Å². The highest BCUT2D eigenvalue weighted by Gasteiger charge is 2.59. The average molecular weight is 361 g/mol. The molecule has 0 saturated carbocycles. The van der Waals surface area contributed by atoms with Gasteiger partial charge in [0.2, 0.25) is 5.92 Å². The topological polar surface area (TPSA) is 28.7 Å². The Morgan fingerprint density at radius 1 is 1.10 bits per heavy atom. The molecular weight excluding hydrogens is 354 g/mol. The van der Waals surface area contributed by atoms with Crippen LogP contribution in [-0.2, 0) is 0 Å². The molecule has 0 unspecified atom stereocenters. The number of hydrogen-bond donors (Lipinski definition) is 1. The lowest BCUT2D eigenvalue weighted by Gasteiger charge is -2.20. The molecule has 0 atom stereocenters. The molecule has 0 aliphatic carbocycles. The van der Waals surface area contributed by atoms with Crippen LogP contribution in [0.1, 0.15) is 17.3 Å². The van der Waals surface area contributed by atoms with Crippen LogP contribution in [0.15, 0.2) is 16.6 Å². The molecular formula is C11H7BrF6N2. The quantitative estimate of drug-likeness (QED) is 0.724. The van der Waals surface area contributed by atoms with E-state index in [4.69, 9.17) is 0 Å². The largest absolute Gasteiger partial charge is 0.407 e. The van der Waals surface area contributed by atoms with Gasteiger partial charge >= 0.3 is 12.4 Å². The highest BCUT2D eigenvalue weighted by Crippen LogP contribution is 2.45. The number of alkyl halides is 6. The van der Waals surface area contributed by atoms with E-state index in [1.807, 2.05) is 0 Å². The second-order valence-corrected chi connectivity index (χ2v) is 5.17. The summed E-state index contributed by atoms with van der Waals surface area (Å²) in [6.07, 6.45) is -10.9. The summed E-state index contributed by atoms with van der Waals surface area (Å²) in [6, 6.07) is 2.94. The third kappa shape index (κ3) is 2.77. The van der Waals surface area contributed by atoms with E-state index in [2.05, 4.69) is 25.9 Å². The molecule has 0 aliphatic heterocycles. The van der Waals surface area contributed by atoms with Crippen LogP contribution in [0, 0.1) is 6.92 Å². The lowest BCUT2D eigenvalue weighted by atomic mass is 10.1. The number of aromatic amines is 1. The Morgan fingerprint density at radius 2 is 1.65 bits per heavy atom. The van der Waals surface area contributed by atoms with Crippen LogP contribution in [0.25, 0.3) is 11.0 Å². The molecule has 0 spiro atoms. The predicted octanol–water partition coefficient (Wildman–Crippen LogP) is 4.84. The summed E-state index contributed by atoms with van der Waals surface area (Å²) in [5, 5.41) is 0. The Kier molecular flexibility index (Phi) is 3.52. The molecule has 9 heteroatoms. The number of benzene rings is 1. The second kappa shape index (κ2) is 4.64. The number of fused-ring (bicyclic) bond motifs is 1. The maximum absolute atomic E-state index is 12.6. The normalized spacial score (nSPS) is 13.4. The number of halogens is 7. The van der Waals surface area contributed by atoms with Crippen molar-refractivity contribution in [3.05, 3.63) is 28.0 Å². The number of nitrogens with zero attached hydrogens (tertiary/aromatic N) is 1. The predicted molar refractivity (Wildman–Crippen MR) is 63.4 cm³/mol. The third-order valence-corrected chi connectivity index (χ3v) is 3.15. The van der Waals surface area contributed by atoms with E-state index in [1.165, 1.54) is 6.07 Å². The SMILES string of the molecule is Cc1cc(Br)cc2[nH]c(C(C(F)(F)F)C(F)(F)F)nc12. The van der Waals surface area contributed by atoms with Crippen LogP contribution in [0.4, 0.5) is 26.3 Å². The first-order valence-electron chi connectivity index (χ1n) is 5.29. The Balaban J connectivity index is 2.64. The summed E-state index contributed by atoms with van der Waals surface area (Å²) >= 11 is 3.12. The summed E-state index contributed by atoms with van der Waals surface area (Å²) in [6.45, 7) is 1.55. The minimum Gasteiger partial charge on any atom is -0.341 e. The first-order valence-corrected chi connectivity index (χ1v) is 6.08. The van der Waals surface area contributed by atoms with Gasteiger partial charge in [0.1, 0.15) is 5.82 Å². The number of imidazole rings is 1. The molecule has 110 valence electrons. The van der Waals surface area contributed by atoms with Crippen LogP contribution in [0.2, 0.25) is 0 Å². The third-order valence-electron chi connectivity index (χ3n) is 2.69. The smallest absolute Gasteiger partial charge is 0.341 e. The van der Waals surface area contributed by atoms with Crippen LogP contribution in [-0.4, -0.2) is 22.3 Å². The fourth-order valence-corrected chi connectivity index (χ4v) is 2.47. The molecule has 1 aromatic carbocycles. The summed E-state index contributed by atoms with van der Waals surface area (Å²) in [4.78, 5) is 5.58. The van der Waals surface area contributed by atoms with Crippen LogP contribution >= 0.6 is 15.9 Å². The van der Waals surface area contributed by atoms with Gasteiger partial charge in [0.15, 0.2) is 0 Å². The molecule has 0 aliphatic rings. The van der Waals surface area contributed by atoms with Crippen molar-refractivity contribution in [3.8, 4) is 0 Å². The molecule has 2 nitrogen and oxygen atoms in total. The fraction of sp³-hybridized carbons (Fsp3) is 0.364. The van der Waals surface area contributed by atoms with Gasteiger partial charge in [0, 0.05) is 4.47 Å². The second-order valence-electron chi connectivity index (χ2n) is 4.26. The van der Waals surface area contributed by atoms with E-state index in [-0.39, 0.29) is 11.0 Å². The van der Waals surface area contributed by atoms with Gasteiger partial charge in [0.05, 0.1) is 11.0 Å².